The normalized spacial score (nSPS) is 20.7. The van der Waals surface area contributed by atoms with Crippen LogP contribution < -0.4 is 10.2 Å². The lowest BCUT2D eigenvalue weighted by molar-refractivity contribution is -0.384. The van der Waals surface area contributed by atoms with Gasteiger partial charge < -0.3 is 15.0 Å². The number of halogens is 1. The molecular weight excluding hydrogens is 301 g/mol. The number of benzene rings is 1. The van der Waals surface area contributed by atoms with Gasteiger partial charge in [0.05, 0.1) is 11.0 Å². The summed E-state index contributed by atoms with van der Waals surface area (Å²) in [5.41, 5.74) is 0.363. The van der Waals surface area contributed by atoms with Crippen LogP contribution in [-0.2, 0) is 4.74 Å². The number of nitro benzene ring substituents is 1. The van der Waals surface area contributed by atoms with Crippen LogP contribution in [0.4, 0.5) is 15.8 Å². The number of anilines is 1. The highest BCUT2D eigenvalue weighted by Gasteiger charge is 2.26. The third-order valence-corrected chi connectivity index (χ3v) is 4.66. The van der Waals surface area contributed by atoms with Gasteiger partial charge in [0, 0.05) is 38.4 Å². The molecule has 0 amide bonds. The summed E-state index contributed by atoms with van der Waals surface area (Å²) in [5, 5.41) is 14.8. The van der Waals surface area contributed by atoms with E-state index >= 15 is 0 Å². The van der Waals surface area contributed by atoms with Gasteiger partial charge in [-0.1, -0.05) is 0 Å². The van der Waals surface area contributed by atoms with E-state index in [1.165, 1.54) is 12.1 Å². The van der Waals surface area contributed by atoms with E-state index < -0.39 is 10.7 Å². The predicted octanol–water partition coefficient (Wildman–Crippen LogP) is 2.47. The lowest BCUT2D eigenvalue weighted by Crippen LogP contribution is -2.47. The second kappa shape index (κ2) is 7.23. The van der Waals surface area contributed by atoms with Crippen LogP contribution in [0.3, 0.4) is 0 Å². The smallest absolute Gasteiger partial charge is 0.295 e. The Morgan fingerprint density at radius 1 is 1.17 bits per heavy atom. The standard InChI is InChI=1S/C16H22FN3O3/c17-12-1-2-15(16(11-12)20(21)22)19-7-3-13(4-8-19)18-14-5-9-23-10-6-14/h1-2,11,13-14,18H,3-10H2. The van der Waals surface area contributed by atoms with Crippen LogP contribution in [0.5, 0.6) is 0 Å². The van der Waals surface area contributed by atoms with Crippen molar-refractivity contribution in [2.24, 2.45) is 0 Å². The van der Waals surface area contributed by atoms with E-state index in [0.29, 0.717) is 17.8 Å². The number of rotatable bonds is 4. The molecule has 7 heteroatoms. The molecule has 3 rings (SSSR count). The lowest BCUT2D eigenvalue weighted by Gasteiger charge is -2.36. The van der Waals surface area contributed by atoms with Gasteiger partial charge in [0.25, 0.3) is 5.69 Å². The second-order valence-electron chi connectivity index (χ2n) is 6.20. The largest absolute Gasteiger partial charge is 0.381 e. The minimum absolute atomic E-state index is 0.152. The van der Waals surface area contributed by atoms with Gasteiger partial charge >= 0.3 is 0 Å². The predicted molar refractivity (Wildman–Crippen MR) is 85.3 cm³/mol. The van der Waals surface area contributed by atoms with E-state index in [9.17, 15) is 14.5 Å². The fourth-order valence-corrected chi connectivity index (χ4v) is 3.39. The summed E-state index contributed by atoms with van der Waals surface area (Å²) in [7, 11) is 0. The van der Waals surface area contributed by atoms with Gasteiger partial charge in [0.15, 0.2) is 0 Å². The lowest BCUT2D eigenvalue weighted by atomic mass is 10.0. The molecule has 0 bridgehead atoms. The topological polar surface area (TPSA) is 67.6 Å². The van der Waals surface area contributed by atoms with Gasteiger partial charge in [-0.2, -0.15) is 0 Å². The molecule has 1 N–H and O–H groups in total. The highest BCUT2D eigenvalue weighted by atomic mass is 19.1. The summed E-state index contributed by atoms with van der Waals surface area (Å²) in [6, 6.07) is 4.75. The molecule has 0 unspecified atom stereocenters. The number of piperidine rings is 1. The van der Waals surface area contributed by atoms with E-state index in [-0.39, 0.29) is 5.69 Å². The van der Waals surface area contributed by atoms with Crippen LogP contribution in [-0.4, -0.2) is 43.3 Å². The van der Waals surface area contributed by atoms with Crippen molar-refractivity contribution in [3.8, 4) is 0 Å². The number of ether oxygens (including phenoxy) is 1. The van der Waals surface area contributed by atoms with E-state index in [4.69, 9.17) is 4.74 Å². The molecule has 1 aromatic rings. The maximum Gasteiger partial charge on any atom is 0.295 e. The Morgan fingerprint density at radius 2 is 1.83 bits per heavy atom. The molecule has 1 aromatic carbocycles. The van der Waals surface area contributed by atoms with Crippen LogP contribution in [0.2, 0.25) is 0 Å². The average molecular weight is 323 g/mol. The second-order valence-corrected chi connectivity index (χ2v) is 6.20. The summed E-state index contributed by atoms with van der Waals surface area (Å²) in [5.74, 6) is -0.573. The van der Waals surface area contributed by atoms with Gasteiger partial charge in [-0.3, -0.25) is 10.1 Å². The Hall–Kier alpha value is -1.73. The first-order valence-corrected chi connectivity index (χ1v) is 8.16. The minimum atomic E-state index is -0.573. The zero-order valence-corrected chi connectivity index (χ0v) is 13.0. The van der Waals surface area contributed by atoms with Crippen molar-refractivity contribution in [2.45, 2.75) is 37.8 Å². The number of nitro groups is 1. The molecule has 0 aliphatic carbocycles. The first kappa shape index (κ1) is 16.1. The Balaban J connectivity index is 1.59. The van der Waals surface area contributed by atoms with Crippen LogP contribution >= 0.6 is 0 Å². The van der Waals surface area contributed by atoms with Gasteiger partial charge in [-0.05, 0) is 37.8 Å². The number of hydrogen-bond donors (Lipinski definition) is 1. The highest BCUT2D eigenvalue weighted by Crippen LogP contribution is 2.31. The highest BCUT2D eigenvalue weighted by molar-refractivity contribution is 5.63. The van der Waals surface area contributed by atoms with Crippen LogP contribution in [0.25, 0.3) is 0 Å². The molecular formula is C16H22FN3O3. The summed E-state index contributed by atoms with van der Waals surface area (Å²) in [6.07, 6.45) is 3.96. The van der Waals surface area contributed by atoms with E-state index in [0.717, 1.165) is 58.1 Å². The van der Waals surface area contributed by atoms with Gasteiger partial charge in [0.2, 0.25) is 0 Å². The molecule has 0 saturated carbocycles. The fourth-order valence-electron chi connectivity index (χ4n) is 3.39. The van der Waals surface area contributed by atoms with Crippen molar-refractivity contribution in [3.63, 3.8) is 0 Å². The van der Waals surface area contributed by atoms with Crippen LogP contribution in [0.15, 0.2) is 18.2 Å². The summed E-state index contributed by atoms with van der Waals surface area (Å²) < 4.78 is 18.6. The van der Waals surface area contributed by atoms with Crippen molar-refractivity contribution in [1.82, 2.24) is 5.32 Å². The molecule has 2 fully saturated rings. The zero-order chi connectivity index (χ0) is 16.2. The third kappa shape index (κ3) is 3.97. The van der Waals surface area contributed by atoms with Gasteiger partial charge in [-0.25, -0.2) is 4.39 Å². The van der Waals surface area contributed by atoms with Crippen LogP contribution in [0.1, 0.15) is 25.7 Å². The zero-order valence-electron chi connectivity index (χ0n) is 13.0. The number of nitrogens with zero attached hydrogens (tertiary/aromatic N) is 2. The van der Waals surface area contributed by atoms with Crippen molar-refractivity contribution in [2.75, 3.05) is 31.2 Å². The molecule has 2 heterocycles. The molecule has 0 aromatic heterocycles. The molecule has 0 atom stereocenters. The number of hydrogen-bond acceptors (Lipinski definition) is 5. The Morgan fingerprint density at radius 3 is 2.48 bits per heavy atom. The monoisotopic (exact) mass is 323 g/mol. The van der Waals surface area contributed by atoms with Crippen molar-refractivity contribution in [1.29, 1.82) is 0 Å². The molecule has 2 aliphatic heterocycles. The Bertz CT molecular complexity index is 556. The molecule has 23 heavy (non-hydrogen) atoms. The third-order valence-electron chi connectivity index (χ3n) is 4.66. The van der Waals surface area contributed by atoms with E-state index in [1.54, 1.807) is 0 Å². The molecule has 0 spiro atoms. The summed E-state index contributed by atoms with van der Waals surface area (Å²) in [4.78, 5) is 12.6. The van der Waals surface area contributed by atoms with Crippen molar-refractivity contribution < 1.29 is 14.1 Å². The van der Waals surface area contributed by atoms with Crippen molar-refractivity contribution in [3.05, 3.63) is 34.1 Å². The van der Waals surface area contributed by atoms with Gasteiger partial charge in [-0.15, -0.1) is 0 Å². The van der Waals surface area contributed by atoms with Crippen LogP contribution in [0, 0.1) is 15.9 Å². The maximum atomic E-state index is 13.3. The first-order valence-electron chi connectivity index (χ1n) is 8.16. The van der Waals surface area contributed by atoms with Gasteiger partial charge in [0.1, 0.15) is 11.5 Å². The average Bonchev–Trinajstić information content (AvgIpc) is 2.56. The number of nitrogens with one attached hydrogen (secondary N) is 1. The minimum Gasteiger partial charge on any atom is -0.381 e. The summed E-state index contributed by atoms with van der Waals surface area (Å²) >= 11 is 0. The van der Waals surface area contributed by atoms with E-state index in [1.807, 2.05) is 4.90 Å². The first-order chi connectivity index (χ1) is 11.1. The molecule has 126 valence electrons. The van der Waals surface area contributed by atoms with Crippen molar-refractivity contribution >= 4 is 11.4 Å². The van der Waals surface area contributed by atoms with E-state index in [2.05, 4.69) is 5.32 Å². The fraction of sp³-hybridized carbons (Fsp3) is 0.625. The Labute approximate surface area is 134 Å². The maximum absolute atomic E-state index is 13.3. The molecule has 2 aliphatic rings. The molecule has 2 saturated heterocycles. The summed E-state index contributed by atoms with van der Waals surface area (Å²) in [6.45, 7) is 3.12. The SMILES string of the molecule is O=[N+]([O-])c1cc(F)ccc1N1CCC(NC2CCOCC2)CC1. The molecule has 6 nitrogen and oxygen atoms in total. The quantitative estimate of drug-likeness (QED) is 0.681. The molecule has 0 radical (unpaired) electrons. The Kier molecular flexibility index (Phi) is 5.07.